The minimum Gasteiger partial charge on any atom is -1.00 e. The number of hydrogen-bond acceptors (Lipinski definition) is 1. The van der Waals surface area contributed by atoms with E-state index in [0.29, 0.717) is 23.7 Å². The van der Waals surface area contributed by atoms with Gasteiger partial charge in [-0.25, -0.2) is 9.48 Å². The summed E-state index contributed by atoms with van der Waals surface area (Å²) in [7, 11) is 0. The van der Waals surface area contributed by atoms with E-state index >= 15 is 0 Å². The largest absolute Gasteiger partial charge is 1.00 e. The summed E-state index contributed by atoms with van der Waals surface area (Å²) in [5.41, 5.74) is 8.67. The van der Waals surface area contributed by atoms with Gasteiger partial charge in [0.25, 0.3) is 0 Å². The first-order valence-electron chi connectivity index (χ1n) is 11.4. The molecule has 0 aliphatic carbocycles. The summed E-state index contributed by atoms with van der Waals surface area (Å²) in [5.74, 6) is 2.06. The van der Waals surface area contributed by atoms with Crippen LogP contribution in [-0.2, 0) is 0 Å². The van der Waals surface area contributed by atoms with Crippen LogP contribution in [-0.4, -0.2) is 24.0 Å². The Morgan fingerprint density at radius 2 is 1.07 bits per heavy atom. The highest BCUT2D eigenvalue weighted by Gasteiger charge is 2.31. The van der Waals surface area contributed by atoms with Crippen molar-refractivity contribution in [3.63, 3.8) is 0 Å². The third kappa shape index (κ3) is 4.82. The molecule has 1 heterocycles. The second-order valence-electron chi connectivity index (χ2n) is 9.69. The van der Waals surface area contributed by atoms with E-state index in [-0.39, 0.29) is 17.0 Å². The lowest BCUT2D eigenvalue weighted by molar-refractivity contribution is -0.425. The first kappa shape index (κ1) is 24.7. The van der Waals surface area contributed by atoms with Crippen molar-refractivity contribution in [3.05, 3.63) is 58.7 Å². The van der Waals surface area contributed by atoms with Gasteiger partial charge in [0.2, 0.25) is 6.34 Å². The van der Waals surface area contributed by atoms with Crippen molar-refractivity contribution < 1.29 is 21.6 Å². The average Bonchev–Trinajstić information content (AvgIpc) is 3.15. The maximum absolute atomic E-state index is 2.51. The molecule has 0 aromatic heterocycles. The van der Waals surface area contributed by atoms with Crippen LogP contribution in [0, 0.1) is 0 Å². The van der Waals surface area contributed by atoms with Gasteiger partial charge in [0, 0.05) is 22.3 Å². The summed E-state index contributed by atoms with van der Waals surface area (Å²) < 4.78 is 2.51. The molecule has 0 unspecified atom stereocenters. The van der Waals surface area contributed by atoms with Gasteiger partial charge in [0.05, 0.1) is 0 Å². The molecule has 2 aromatic carbocycles. The van der Waals surface area contributed by atoms with Gasteiger partial charge in [-0.3, -0.25) is 0 Å². The number of nitrogens with zero attached hydrogens (tertiary/aromatic N) is 2. The zero-order valence-corrected chi connectivity index (χ0v) is 21.6. The summed E-state index contributed by atoms with van der Waals surface area (Å²) in [6.07, 6.45) is 2.38. The monoisotopic (exact) mass is 470 g/mol. The van der Waals surface area contributed by atoms with Crippen LogP contribution in [0.1, 0.15) is 101 Å². The summed E-state index contributed by atoms with van der Waals surface area (Å²) >= 11 is 0. The predicted octanol–water partition coefficient (Wildman–Crippen LogP) is 4.38. The Bertz CT molecular complexity index is 841. The second-order valence-corrected chi connectivity index (χ2v) is 9.69. The third-order valence-electron chi connectivity index (χ3n) is 6.12. The first-order valence-corrected chi connectivity index (χ1v) is 11.4. The summed E-state index contributed by atoms with van der Waals surface area (Å²) in [4.78, 5) is 2.51. The van der Waals surface area contributed by atoms with Crippen LogP contribution in [0.5, 0.6) is 0 Å². The Morgan fingerprint density at radius 3 is 1.47 bits per heavy atom. The van der Waals surface area contributed by atoms with Crippen LogP contribution in [0.15, 0.2) is 36.4 Å². The lowest BCUT2D eigenvalue weighted by atomic mass is 9.92. The van der Waals surface area contributed by atoms with Crippen molar-refractivity contribution >= 4 is 17.7 Å². The van der Waals surface area contributed by atoms with Crippen molar-refractivity contribution in [1.82, 2.24) is 0 Å². The zero-order chi connectivity index (χ0) is 21.3. The smallest absolute Gasteiger partial charge is 0.244 e. The van der Waals surface area contributed by atoms with E-state index in [2.05, 4.69) is 108 Å². The Morgan fingerprint density at radius 1 is 0.667 bits per heavy atom. The minimum atomic E-state index is 0. The molecular formula is C27H39BrN2. The maximum atomic E-state index is 2.51. The number of benzene rings is 2. The highest BCUT2D eigenvalue weighted by atomic mass is 79.9. The van der Waals surface area contributed by atoms with Gasteiger partial charge >= 0.3 is 0 Å². The van der Waals surface area contributed by atoms with Gasteiger partial charge in [-0.2, -0.15) is 0 Å². The minimum absolute atomic E-state index is 0. The van der Waals surface area contributed by atoms with Crippen LogP contribution in [0.2, 0.25) is 0 Å². The maximum Gasteiger partial charge on any atom is 0.244 e. The fourth-order valence-corrected chi connectivity index (χ4v) is 4.53. The van der Waals surface area contributed by atoms with Crippen molar-refractivity contribution in [1.29, 1.82) is 0 Å². The van der Waals surface area contributed by atoms with Crippen molar-refractivity contribution in [2.24, 2.45) is 0 Å². The summed E-state index contributed by atoms with van der Waals surface area (Å²) in [6, 6.07) is 13.7. The van der Waals surface area contributed by atoms with Gasteiger partial charge in [-0.05, 0) is 23.7 Å². The molecule has 0 bridgehead atoms. The Labute approximate surface area is 194 Å². The van der Waals surface area contributed by atoms with Crippen LogP contribution in [0.4, 0.5) is 11.4 Å². The van der Waals surface area contributed by atoms with E-state index in [4.69, 9.17) is 0 Å². The molecule has 0 saturated carbocycles. The average molecular weight is 472 g/mol. The Hall–Kier alpha value is -1.61. The lowest BCUT2D eigenvalue weighted by Crippen LogP contribution is -3.00. The van der Waals surface area contributed by atoms with Crippen LogP contribution in [0.25, 0.3) is 0 Å². The molecule has 0 radical (unpaired) electrons. The topological polar surface area (TPSA) is 6.25 Å². The molecule has 3 rings (SSSR count). The van der Waals surface area contributed by atoms with E-state index in [1.54, 1.807) is 0 Å². The highest BCUT2D eigenvalue weighted by Crippen LogP contribution is 2.38. The Kier molecular flexibility index (Phi) is 8.33. The molecule has 3 heteroatoms. The zero-order valence-electron chi connectivity index (χ0n) is 20.0. The molecule has 0 atom stereocenters. The molecule has 0 amide bonds. The van der Waals surface area contributed by atoms with Crippen LogP contribution in [0.3, 0.4) is 0 Å². The van der Waals surface area contributed by atoms with E-state index in [9.17, 15) is 0 Å². The van der Waals surface area contributed by atoms with Gasteiger partial charge in [-0.1, -0.05) is 91.8 Å². The van der Waals surface area contributed by atoms with E-state index in [0.717, 1.165) is 13.1 Å². The molecule has 2 aromatic rings. The van der Waals surface area contributed by atoms with Crippen LogP contribution < -0.4 is 21.9 Å². The van der Waals surface area contributed by atoms with Gasteiger partial charge in [0.1, 0.15) is 24.5 Å². The molecule has 30 heavy (non-hydrogen) atoms. The van der Waals surface area contributed by atoms with Crippen LogP contribution >= 0.6 is 0 Å². The number of rotatable bonds is 6. The third-order valence-corrected chi connectivity index (χ3v) is 6.12. The number of para-hydroxylation sites is 2. The molecule has 1 aliphatic rings. The van der Waals surface area contributed by atoms with Gasteiger partial charge < -0.3 is 17.0 Å². The predicted molar refractivity (Wildman–Crippen MR) is 127 cm³/mol. The number of anilines is 1. The highest BCUT2D eigenvalue weighted by molar-refractivity contribution is 5.82. The fraction of sp³-hybridized carbons (Fsp3) is 0.519. The molecule has 0 saturated heterocycles. The molecule has 2 nitrogen and oxygen atoms in total. The quantitative estimate of drug-likeness (QED) is 0.567. The molecule has 0 spiro atoms. The molecule has 164 valence electrons. The van der Waals surface area contributed by atoms with Crippen molar-refractivity contribution in [2.45, 2.75) is 79.1 Å². The standard InChI is InChI=1S/C27H39N2.BrH/c1-18(2)22-11-9-12-23(19(3)4)26(22)28-15-16-29(17-28)27-24(20(5)6)13-10-14-25(27)21(7)8;/h9-14,17-21H,15-16H2,1-8H3;1H/q+1;/p-1. The Balaban J connectivity index is 0.00000320. The second kappa shape index (κ2) is 10.1. The molecule has 0 N–H and O–H groups in total. The molecule has 1 aliphatic heterocycles. The summed E-state index contributed by atoms with van der Waals surface area (Å²) in [5, 5.41) is 0. The lowest BCUT2D eigenvalue weighted by Gasteiger charge is -2.20. The van der Waals surface area contributed by atoms with Crippen molar-refractivity contribution in [2.75, 3.05) is 18.0 Å². The van der Waals surface area contributed by atoms with E-state index < -0.39 is 0 Å². The normalized spacial score (nSPS) is 14.1. The molecular weight excluding hydrogens is 432 g/mol. The summed E-state index contributed by atoms with van der Waals surface area (Å²) in [6.45, 7) is 20.5. The molecule has 0 fully saturated rings. The fourth-order valence-electron chi connectivity index (χ4n) is 4.53. The first-order chi connectivity index (χ1) is 13.7. The SMILES string of the molecule is CC(C)c1cccc(C(C)C)c1N1C=[N+](c2c(C(C)C)cccc2C(C)C)CC1.[Br-]. The number of halogens is 1. The van der Waals surface area contributed by atoms with Crippen molar-refractivity contribution in [3.8, 4) is 0 Å². The van der Waals surface area contributed by atoms with E-state index in [1.807, 2.05) is 0 Å². The van der Waals surface area contributed by atoms with Gasteiger partial charge in [-0.15, -0.1) is 0 Å². The van der Waals surface area contributed by atoms with Gasteiger partial charge in [0.15, 0.2) is 0 Å². The van der Waals surface area contributed by atoms with E-state index in [1.165, 1.54) is 33.6 Å². The number of hydrogen-bond donors (Lipinski definition) is 0.